The Labute approximate surface area is 79.6 Å². The molecule has 2 rings (SSSR count). The van der Waals surface area contributed by atoms with E-state index >= 15 is 0 Å². The van der Waals surface area contributed by atoms with Gasteiger partial charge in [-0.3, -0.25) is 0 Å². The maximum atomic E-state index is 10.3. The molecule has 0 amide bonds. The Hall–Kier alpha value is -0.340. The van der Waals surface area contributed by atoms with Crippen molar-refractivity contribution in [2.45, 2.75) is 50.9 Å². The van der Waals surface area contributed by atoms with E-state index in [1.54, 1.807) is 0 Å². The van der Waals surface area contributed by atoms with E-state index in [-0.39, 0.29) is 12.2 Å². The summed E-state index contributed by atoms with van der Waals surface area (Å²) in [7, 11) is 0. The van der Waals surface area contributed by atoms with Crippen LogP contribution in [0.25, 0.3) is 0 Å². The number of ether oxygens (including phenoxy) is 1. The van der Waals surface area contributed by atoms with Crippen molar-refractivity contribution in [1.82, 2.24) is 0 Å². The van der Waals surface area contributed by atoms with E-state index in [0.29, 0.717) is 5.92 Å². The molecular formula is C11H18O2. The molecular weight excluding hydrogens is 164 g/mol. The van der Waals surface area contributed by atoms with Gasteiger partial charge in [0.1, 0.15) is 0 Å². The molecule has 3 unspecified atom stereocenters. The first kappa shape index (κ1) is 9.22. The van der Waals surface area contributed by atoms with Crippen molar-refractivity contribution in [2.24, 2.45) is 5.92 Å². The van der Waals surface area contributed by atoms with Crippen LogP contribution in [0.5, 0.6) is 0 Å². The van der Waals surface area contributed by atoms with Crippen molar-refractivity contribution in [3.05, 3.63) is 12.2 Å². The van der Waals surface area contributed by atoms with Crippen LogP contribution in [0.15, 0.2) is 12.2 Å². The fourth-order valence-corrected chi connectivity index (χ4v) is 2.57. The van der Waals surface area contributed by atoms with Gasteiger partial charge >= 0.3 is 0 Å². The van der Waals surface area contributed by atoms with Crippen LogP contribution in [0, 0.1) is 5.92 Å². The van der Waals surface area contributed by atoms with Gasteiger partial charge in [-0.25, -0.2) is 0 Å². The first-order chi connectivity index (χ1) is 6.19. The summed E-state index contributed by atoms with van der Waals surface area (Å²) in [5, 5.41) is 10.3. The number of fused-ring (bicyclic) bond motifs is 2. The first-order valence-corrected chi connectivity index (χ1v) is 5.25. The van der Waals surface area contributed by atoms with Crippen LogP contribution in [0.2, 0.25) is 0 Å². The van der Waals surface area contributed by atoms with Crippen LogP contribution >= 0.6 is 0 Å². The van der Waals surface area contributed by atoms with Crippen LogP contribution in [0.1, 0.15) is 33.1 Å². The molecule has 0 radical (unpaired) electrons. The Kier molecular flexibility index (Phi) is 2.20. The molecule has 0 saturated carbocycles. The number of hydrogen-bond donors (Lipinski definition) is 1. The zero-order chi connectivity index (χ0) is 9.47. The molecule has 0 aromatic rings. The summed E-state index contributed by atoms with van der Waals surface area (Å²) in [6.07, 6.45) is 7.33. The zero-order valence-corrected chi connectivity index (χ0v) is 8.36. The summed E-state index contributed by atoms with van der Waals surface area (Å²) in [5.41, 5.74) is -0.510. The van der Waals surface area contributed by atoms with Crippen molar-refractivity contribution in [1.29, 1.82) is 0 Å². The number of aliphatic hydroxyl groups is 1. The van der Waals surface area contributed by atoms with Gasteiger partial charge in [-0.05, 0) is 19.3 Å². The third-order valence-corrected chi connectivity index (χ3v) is 3.64. The molecule has 2 aliphatic heterocycles. The second-order valence-corrected chi connectivity index (χ2v) is 4.18. The lowest BCUT2D eigenvalue weighted by Crippen LogP contribution is -2.41. The third-order valence-electron chi connectivity index (χ3n) is 3.64. The van der Waals surface area contributed by atoms with Gasteiger partial charge in [0.25, 0.3) is 0 Å². The van der Waals surface area contributed by atoms with E-state index in [2.05, 4.69) is 26.0 Å². The van der Waals surface area contributed by atoms with Crippen LogP contribution in [-0.2, 0) is 4.74 Å². The van der Waals surface area contributed by atoms with Crippen molar-refractivity contribution in [2.75, 3.05) is 0 Å². The van der Waals surface area contributed by atoms with E-state index in [1.165, 1.54) is 0 Å². The predicted molar refractivity (Wildman–Crippen MR) is 51.4 cm³/mol. The zero-order valence-electron chi connectivity index (χ0n) is 8.36. The average molecular weight is 182 g/mol. The quantitative estimate of drug-likeness (QED) is 0.675. The highest BCUT2D eigenvalue weighted by Crippen LogP contribution is 2.42. The maximum absolute atomic E-state index is 10.3. The summed E-state index contributed by atoms with van der Waals surface area (Å²) >= 11 is 0. The highest BCUT2D eigenvalue weighted by molar-refractivity contribution is 5.14. The second-order valence-electron chi connectivity index (χ2n) is 4.18. The van der Waals surface area contributed by atoms with Gasteiger partial charge < -0.3 is 9.84 Å². The summed E-state index contributed by atoms with van der Waals surface area (Å²) in [6.45, 7) is 4.11. The topological polar surface area (TPSA) is 29.5 Å². The van der Waals surface area contributed by atoms with Crippen molar-refractivity contribution in [3.8, 4) is 0 Å². The van der Waals surface area contributed by atoms with Gasteiger partial charge in [-0.2, -0.15) is 0 Å². The number of hydrogen-bond acceptors (Lipinski definition) is 2. The molecule has 0 aromatic carbocycles. The minimum atomic E-state index is -0.510. The Bertz CT molecular complexity index is 218. The lowest BCUT2D eigenvalue weighted by Gasteiger charge is -2.34. The third kappa shape index (κ3) is 1.32. The predicted octanol–water partition coefficient (Wildman–Crippen LogP) is 1.88. The van der Waals surface area contributed by atoms with Crippen LogP contribution in [-0.4, -0.2) is 22.9 Å². The lowest BCUT2D eigenvalue weighted by molar-refractivity contribution is -0.0430. The van der Waals surface area contributed by atoms with Crippen molar-refractivity contribution < 1.29 is 9.84 Å². The molecule has 0 spiro atoms. The van der Waals surface area contributed by atoms with Gasteiger partial charge in [0.2, 0.25) is 0 Å². The molecule has 74 valence electrons. The van der Waals surface area contributed by atoms with Crippen molar-refractivity contribution in [3.63, 3.8) is 0 Å². The number of rotatable bonds is 3. The maximum Gasteiger partial charge on any atom is 0.0821 e. The largest absolute Gasteiger partial charge is 0.390 e. The molecule has 2 heterocycles. The standard InChI is InChI=1S/C11H18O2/c1-3-11(12,4-2)9-7-8-5-6-10(9)13-8/h5-6,8-10,12H,3-4,7H2,1-2H3. The van der Waals surface area contributed by atoms with E-state index < -0.39 is 5.60 Å². The first-order valence-electron chi connectivity index (χ1n) is 5.25. The Morgan fingerprint density at radius 1 is 1.38 bits per heavy atom. The highest BCUT2D eigenvalue weighted by atomic mass is 16.5. The summed E-state index contributed by atoms with van der Waals surface area (Å²) < 4.78 is 5.66. The van der Waals surface area contributed by atoms with E-state index in [1.807, 2.05) is 0 Å². The van der Waals surface area contributed by atoms with Gasteiger partial charge in [-0.1, -0.05) is 26.0 Å². The van der Waals surface area contributed by atoms with Crippen LogP contribution < -0.4 is 0 Å². The van der Waals surface area contributed by atoms with Crippen molar-refractivity contribution >= 4 is 0 Å². The minimum absolute atomic E-state index is 0.176. The molecule has 3 atom stereocenters. The van der Waals surface area contributed by atoms with E-state index in [9.17, 15) is 5.11 Å². The minimum Gasteiger partial charge on any atom is -0.390 e. The van der Waals surface area contributed by atoms with Crippen LogP contribution in [0.3, 0.4) is 0 Å². The molecule has 2 heteroatoms. The van der Waals surface area contributed by atoms with Gasteiger partial charge in [0, 0.05) is 5.92 Å². The highest BCUT2D eigenvalue weighted by Gasteiger charge is 2.46. The molecule has 0 aromatic heterocycles. The Balaban J connectivity index is 2.13. The molecule has 13 heavy (non-hydrogen) atoms. The fourth-order valence-electron chi connectivity index (χ4n) is 2.57. The SMILES string of the molecule is CCC(O)(CC)C1CC2C=CC1O2. The van der Waals surface area contributed by atoms with E-state index in [4.69, 9.17) is 4.74 Å². The van der Waals surface area contributed by atoms with E-state index in [0.717, 1.165) is 19.3 Å². The smallest absolute Gasteiger partial charge is 0.0821 e. The van der Waals surface area contributed by atoms with Crippen LogP contribution in [0.4, 0.5) is 0 Å². The van der Waals surface area contributed by atoms with Gasteiger partial charge in [-0.15, -0.1) is 0 Å². The normalized spacial score (nSPS) is 37.3. The molecule has 1 N–H and O–H groups in total. The Morgan fingerprint density at radius 2 is 2.08 bits per heavy atom. The summed E-state index contributed by atoms with van der Waals surface area (Å²) in [6, 6.07) is 0. The monoisotopic (exact) mass is 182 g/mol. The summed E-state index contributed by atoms with van der Waals surface area (Å²) in [4.78, 5) is 0. The van der Waals surface area contributed by atoms with Gasteiger partial charge in [0.05, 0.1) is 17.8 Å². The molecule has 2 aliphatic rings. The lowest BCUT2D eigenvalue weighted by atomic mass is 9.76. The molecule has 2 nitrogen and oxygen atoms in total. The Morgan fingerprint density at radius 3 is 2.46 bits per heavy atom. The molecule has 1 fully saturated rings. The molecule has 0 aliphatic carbocycles. The molecule has 1 saturated heterocycles. The second kappa shape index (κ2) is 3.10. The average Bonchev–Trinajstić information content (AvgIpc) is 2.77. The fraction of sp³-hybridized carbons (Fsp3) is 0.818. The van der Waals surface area contributed by atoms with Gasteiger partial charge in [0.15, 0.2) is 0 Å². The molecule has 2 bridgehead atoms. The summed E-state index contributed by atoms with van der Waals surface area (Å²) in [5.74, 6) is 0.317.